The summed E-state index contributed by atoms with van der Waals surface area (Å²) in [4.78, 5) is 0. The summed E-state index contributed by atoms with van der Waals surface area (Å²) < 4.78 is 0. The zero-order valence-corrected chi connectivity index (χ0v) is 11.1. The fraction of sp³-hybridized carbons (Fsp3) is 1.00. The highest BCUT2D eigenvalue weighted by Crippen LogP contribution is 2.04. The summed E-state index contributed by atoms with van der Waals surface area (Å²) in [5.41, 5.74) is 0.342. The molecule has 1 heteroatoms. The van der Waals surface area contributed by atoms with E-state index in [-0.39, 0.29) is 0 Å². The molecule has 0 unspecified atom stereocenters. The third-order valence-corrected chi connectivity index (χ3v) is 1.54. The maximum Gasteiger partial charge on any atom is 0.0122 e. The first-order chi connectivity index (χ1) is 6.04. The van der Waals surface area contributed by atoms with Crippen molar-refractivity contribution in [1.82, 2.24) is 5.32 Å². The summed E-state index contributed by atoms with van der Waals surface area (Å²) in [7, 11) is 0. The number of nitrogens with one attached hydrogen (secondary N) is 1. The second-order valence-corrected chi connectivity index (χ2v) is 3.47. The van der Waals surface area contributed by atoms with Gasteiger partial charge in [-0.1, -0.05) is 48.0 Å². The van der Waals surface area contributed by atoms with Crippen molar-refractivity contribution in [2.24, 2.45) is 0 Å². The van der Waals surface area contributed by atoms with E-state index in [9.17, 15) is 0 Å². The second-order valence-electron chi connectivity index (χ2n) is 3.47. The predicted octanol–water partition coefficient (Wildman–Crippen LogP) is 4.23. The molecule has 0 radical (unpaired) electrons. The Morgan fingerprint density at radius 3 is 1.31 bits per heavy atom. The van der Waals surface area contributed by atoms with Crippen molar-refractivity contribution in [2.45, 2.75) is 73.8 Å². The van der Waals surface area contributed by atoms with Crippen LogP contribution < -0.4 is 5.32 Å². The first-order valence-corrected chi connectivity index (χ1v) is 5.79. The van der Waals surface area contributed by atoms with E-state index in [2.05, 4.69) is 46.9 Å². The highest BCUT2D eigenvalue weighted by Gasteiger charge is 2.10. The molecular weight excluding hydrogens is 158 g/mol. The highest BCUT2D eigenvalue weighted by atomic mass is 14.9. The van der Waals surface area contributed by atoms with Crippen molar-refractivity contribution in [2.75, 3.05) is 6.54 Å². The van der Waals surface area contributed by atoms with Crippen molar-refractivity contribution in [1.29, 1.82) is 0 Å². The average Bonchev–Trinajstić information content (AvgIpc) is 2.10. The van der Waals surface area contributed by atoms with Gasteiger partial charge in [-0.05, 0) is 26.8 Å². The predicted molar refractivity (Wildman–Crippen MR) is 65.4 cm³/mol. The fourth-order valence-corrected chi connectivity index (χ4v) is 0.604. The molecule has 1 nitrogen and oxygen atoms in total. The Morgan fingerprint density at radius 1 is 0.923 bits per heavy atom. The Kier molecular flexibility index (Phi) is 20.8. The van der Waals surface area contributed by atoms with E-state index in [1.165, 1.54) is 12.8 Å². The van der Waals surface area contributed by atoms with Crippen molar-refractivity contribution >= 4 is 0 Å². The minimum atomic E-state index is 0.342. The Morgan fingerprint density at radius 2 is 1.23 bits per heavy atom. The van der Waals surface area contributed by atoms with Gasteiger partial charge >= 0.3 is 0 Å². The Labute approximate surface area is 86.3 Å². The quantitative estimate of drug-likeness (QED) is 0.700. The molecule has 0 fully saturated rings. The molecule has 0 aromatic carbocycles. The van der Waals surface area contributed by atoms with Gasteiger partial charge in [0.15, 0.2) is 0 Å². The summed E-state index contributed by atoms with van der Waals surface area (Å²) in [5, 5.41) is 3.37. The van der Waals surface area contributed by atoms with Gasteiger partial charge in [-0.15, -0.1) is 0 Å². The normalized spacial score (nSPS) is 9.23. The van der Waals surface area contributed by atoms with Gasteiger partial charge in [0.1, 0.15) is 0 Å². The van der Waals surface area contributed by atoms with Crippen molar-refractivity contribution in [3.05, 3.63) is 0 Å². The standard InChI is InChI=1S/C7H17N.C3H8.C2H6/c1-5-7(3,4)8-6-2;1-3-2;1-2/h8H,5-6H2,1-4H3;3H2,1-2H3;1-2H3. The van der Waals surface area contributed by atoms with Crippen LogP contribution in [0.1, 0.15) is 68.2 Å². The molecule has 84 valence electrons. The van der Waals surface area contributed by atoms with Crippen molar-refractivity contribution in [3.63, 3.8) is 0 Å². The molecule has 0 atom stereocenters. The summed E-state index contributed by atoms with van der Waals surface area (Å²) >= 11 is 0. The minimum absolute atomic E-state index is 0.342. The molecule has 0 saturated heterocycles. The third kappa shape index (κ3) is 24.5. The number of rotatable bonds is 3. The number of hydrogen-bond acceptors (Lipinski definition) is 1. The zero-order valence-electron chi connectivity index (χ0n) is 11.1. The lowest BCUT2D eigenvalue weighted by Crippen LogP contribution is -2.37. The van der Waals surface area contributed by atoms with Gasteiger partial charge in [0.05, 0.1) is 0 Å². The molecule has 0 aliphatic rings. The zero-order chi connectivity index (χ0) is 11.3. The molecule has 0 bridgehead atoms. The fourth-order valence-electron chi connectivity index (χ4n) is 0.604. The average molecular weight is 189 g/mol. The van der Waals surface area contributed by atoms with Gasteiger partial charge in [0.2, 0.25) is 0 Å². The van der Waals surface area contributed by atoms with Crippen LogP contribution in [0.2, 0.25) is 0 Å². The molecule has 0 aromatic heterocycles. The summed E-state index contributed by atoms with van der Waals surface area (Å²) in [5.74, 6) is 0. The third-order valence-electron chi connectivity index (χ3n) is 1.54. The van der Waals surface area contributed by atoms with Crippen LogP contribution in [0.4, 0.5) is 0 Å². The van der Waals surface area contributed by atoms with Crippen LogP contribution in [0, 0.1) is 0 Å². The molecule has 0 heterocycles. The van der Waals surface area contributed by atoms with Crippen LogP contribution in [-0.4, -0.2) is 12.1 Å². The van der Waals surface area contributed by atoms with E-state index >= 15 is 0 Å². The van der Waals surface area contributed by atoms with Gasteiger partial charge in [0, 0.05) is 5.54 Å². The maximum absolute atomic E-state index is 3.37. The minimum Gasteiger partial charge on any atom is -0.312 e. The first-order valence-electron chi connectivity index (χ1n) is 5.79. The van der Waals surface area contributed by atoms with Crippen LogP contribution in [0.25, 0.3) is 0 Å². The largest absolute Gasteiger partial charge is 0.312 e. The maximum atomic E-state index is 3.37. The van der Waals surface area contributed by atoms with Crippen LogP contribution in [-0.2, 0) is 0 Å². The van der Waals surface area contributed by atoms with Gasteiger partial charge in [0.25, 0.3) is 0 Å². The van der Waals surface area contributed by atoms with Crippen LogP contribution in [0.15, 0.2) is 0 Å². The molecule has 0 aliphatic carbocycles. The van der Waals surface area contributed by atoms with Gasteiger partial charge in [-0.2, -0.15) is 0 Å². The lowest BCUT2D eigenvalue weighted by atomic mass is 10.0. The SMILES string of the molecule is CC.CCC.CCNC(C)(C)CC. The molecule has 0 saturated carbocycles. The monoisotopic (exact) mass is 189 g/mol. The summed E-state index contributed by atoms with van der Waals surface area (Å²) in [6.07, 6.45) is 2.45. The second kappa shape index (κ2) is 14.5. The Hall–Kier alpha value is -0.0400. The van der Waals surface area contributed by atoms with E-state index in [1.807, 2.05) is 13.8 Å². The van der Waals surface area contributed by atoms with E-state index in [4.69, 9.17) is 0 Å². The van der Waals surface area contributed by atoms with Crippen molar-refractivity contribution in [3.8, 4) is 0 Å². The Balaban J connectivity index is -0.000000169. The van der Waals surface area contributed by atoms with Crippen molar-refractivity contribution < 1.29 is 0 Å². The molecule has 13 heavy (non-hydrogen) atoms. The smallest absolute Gasteiger partial charge is 0.0122 e. The molecule has 0 rings (SSSR count). The lowest BCUT2D eigenvalue weighted by Gasteiger charge is -2.23. The van der Waals surface area contributed by atoms with E-state index < -0.39 is 0 Å². The van der Waals surface area contributed by atoms with E-state index in [0.29, 0.717) is 5.54 Å². The number of hydrogen-bond donors (Lipinski definition) is 1. The van der Waals surface area contributed by atoms with Gasteiger partial charge < -0.3 is 5.32 Å². The van der Waals surface area contributed by atoms with Crippen LogP contribution >= 0.6 is 0 Å². The van der Waals surface area contributed by atoms with E-state index in [0.717, 1.165) is 6.54 Å². The molecule has 0 aromatic rings. The summed E-state index contributed by atoms with van der Waals surface area (Å²) in [6, 6.07) is 0. The lowest BCUT2D eigenvalue weighted by molar-refractivity contribution is 0.387. The summed E-state index contributed by atoms with van der Waals surface area (Å²) in [6.45, 7) is 18.1. The highest BCUT2D eigenvalue weighted by molar-refractivity contribution is 4.73. The molecular formula is C12H31N. The Bertz CT molecular complexity index is 67.5. The molecule has 0 amide bonds. The van der Waals surface area contributed by atoms with Crippen LogP contribution in [0.3, 0.4) is 0 Å². The van der Waals surface area contributed by atoms with E-state index in [1.54, 1.807) is 0 Å². The molecule has 0 aliphatic heterocycles. The van der Waals surface area contributed by atoms with Gasteiger partial charge in [-0.3, -0.25) is 0 Å². The van der Waals surface area contributed by atoms with Gasteiger partial charge in [-0.25, -0.2) is 0 Å². The first kappa shape index (κ1) is 18.7. The van der Waals surface area contributed by atoms with Crippen LogP contribution in [0.5, 0.6) is 0 Å². The topological polar surface area (TPSA) is 12.0 Å². The molecule has 1 N–H and O–H groups in total. The molecule has 0 spiro atoms.